The van der Waals surface area contributed by atoms with Crippen LogP contribution in [0.3, 0.4) is 0 Å². The molecule has 0 radical (unpaired) electrons. The van der Waals surface area contributed by atoms with E-state index in [1.54, 1.807) is 0 Å². The molecule has 88 valence electrons. The molecule has 2 nitrogen and oxygen atoms in total. The predicted molar refractivity (Wildman–Crippen MR) is 71.9 cm³/mol. The summed E-state index contributed by atoms with van der Waals surface area (Å²) in [4.78, 5) is 0.388. The van der Waals surface area contributed by atoms with Crippen molar-refractivity contribution in [2.45, 2.75) is 26.7 Å². The second-order valence-corrected chi connectivity index (χ2v) is 4.51. The van der Waals surface area contributed by atoms with Crippen molar-refractivity contribution in [2.75, 3.05) is 6.61 Å². The average Bonchev–Trinajstić information content (AvgIpc) is 2.27. The Morgan fingerprint density at radius 2 is 2.12 bits per heavy atom. The molecule has 1 rings (SSSR count). The zero-order chi connectivity index (χ0) is 12.0. The third kappa shape index (κ3) is 3.81. The summed E-state index contributed by atoms with van der Waals surface area (Å²) < 4.78 is 5.75. The molecule has 0 aliphatic rings. The van der Waals surface area contributed by atoms with Gasteiger partial charge in [-0.25, -0.2) is 0 Å². The molecule has 1 aromatic carbocycles. The highest BCUT2D eigenvalue weighted by molar-refractivity contribution is 7.80. The molecule has 3 heteroatoms. The Balaban J connectivity index is 2.63. The summed E-state index contributed by atoms with van der Waals surface area (Å²) in [5.41, 5.74) is 6.45. The first-order chi connectivity index (χ1) is 7.65. The van der Waals surface area contributed by atoms with E-state index >= 15 is 0 Å². The molecule has 1 atom stereocenters. The Hall–Kier alpha value is -1.09. The maximum absolute atomic E-state index is 5.75. The molecule has 0 spiro atoms. The zero-order valence-corrected chi connectivity index (χ0v) is 10.7. The van der Waals surface area contributed by atoms with Crippen LogP contribution < -0.4 is 10.5 Å². The van der Waals surface area contributed by atoms with Crippen LogP contribution >= 0.6 is 12.2 Å². The molecule has 2 N–H and O–H groups in total. The molecule has 0 saturated heterocycles. The lowest BCUT2D eigenvalue weighted by molar-refractivity contribution is 0.251. The minimum atomic E-state index is 0.388. The van der Waals surface area contributed by atoms with Gasteiger partial charge in [-0.05, 0) is 24.5 Å². The summed E-state index contributed by atoms with van der Waals surface area (Å²) in [5, 5.41) is 0. The molecule has 1 aromatic rings. The maximum atomic E-state index is 5.75. The van der Waals surface area contributed by atoms with Gasteiger partial charge < -0.3 is 10.5 Å². The van der Waals surface area contributed by atoms with Gasteiger partial charge in [-0.2, -0.15) is 0 Å². The molecule has 0 heterocycles. The molecule has 0 aliphatic heterocycles. The van der Waals surface area contributed by atoms with Gasteiger partial charge in [-0.15, -0.1) is 0 Å². The Labute approximate surface area is 103 Å². The van der Waals surface area contributed by atoms with Gasteiger partial charge in [0.05, 0.1) is 12.2 Å². The third-order valence-corrected chi connectivity index (χ3v) is 2.68. The van der Waals surface area contributed by atoms with Gasteiger partial charge in [0.2, 0.25) is 0 Å². The summed E-state index contributed by atoms with van der Waals surface area (Å²) in [7, 11) is 0. The minimum Gasteiger partial charge on any atom is -0.493 e. The predicted octanol–water partition coefficient (Wildman–Crippen LogP) is 3.14. The lowest BCUT2D eigenvalue weighted by Gasteiger charge is -2.14. The normalized spacial score (nSPS) is 12.1. The van der Waals surface area contributed by atoms with Gasteiger partial charge in [-0.1, -0.05) is 44.6 Å². The molecule has 1 unspecified atom stereocenters. The molecule has 0 saturated carbocycles. The first-order valence-corrected chi connectivity index (χ1v) is 6.07. The fourth-order valence-corrected chi connectivity index (χ4v) is 1.77. The second-order valence-electron chi connectivity index (χ2n) is 4.07. The van der Waals surface area contributed by atoms with E-state index in [0.717, 1.165) is 11.3 Å². The Bertz CT molecular complexity index is 352. The number of nitrogens with two attached hydrogens (primary N) is 1. The lowest BCUT2D eigenvalue weighted by Crippen LogP contribution is -2.14. The fraction of sp³-hybridized carbons (Fsp3) is 0.462. The van der Waals surface area contributed by atoms with Gasteiger partial charge in [0.15, 0.2) is 0 Å². The highest BCUT2D eigenvalue weighted by Crippen LogP contribution is 2.19. The number of para-hydroxylation sites is 1. The van der Waals surface area contributed by atoms with Crippen LogP contribution in [-0.2, 0) is 0 Å². The number of benzene rings is 1. The van der Waals surface area contributed by atoms with Crippen molar-refractivity contribution in [3.63, 3.8) is 0 Å². The van der Waals surface area contributed by atoms with E-state index in [9.17, 15) is 0 Å². The van der Waals surface area contributed by atoms with E-state index < -0.39 is 0 Å². The second kappa shape index (κ2) is 6.48. The number of rotatable bonds is 6. The van der Waals surface area contributed by atoms with Crippen molar-refractivity contribution >= 4 is 17.2 Å². The SMILES string of the molecule is CCCC(C)COc1ccccc1C(N)=S. The van der Waals surface area contributed by atoms with Crippen LogP contribution in [0.5, 0.6) is 5.75 Å². The van der Waals surface area contributed by atoms with E-state index in [4.69, 9.17) is 22.7 Å². The van der Waals surface area contributed by atoms with E-state index in [2.05, 4.69) is 13.8 Å². The molecule has 16 heavy (non-hydrogen) atoms. The van der Waals surface area contributed by atoms with Gasteiger partial charge in [0.1, 0.15) is 10.7 Å². The molecular formula is C13H19NOS. The number of hydrogen-bond acceptors (Lipinski definition) is 2. The van der Waals surface area contributed by atoms with Crippen LogP contribution in [0.25, 0.3) is 0 Å². The Morgan fingerprint density at radius 3 is 2.75 bits per heavy atom. The highest BCUT2D eigenvalue weighted by atomic mass is 32.1. The van der Waals surface area contributed by atoms with Crippen LogP contribution in [0.1, 0.15) is 32.3 Å². The van der Waals surface area contributed by atoms with E-state index in [0.29, 0.717) is 17.5 Å². The quantitative estimate of drug-likeness (QED) is 0.772. The van der Waals surface area contributed by atoms with Crippen molar-refractivity contribution < 1.29 is 4.74 Å². The van der Waals surface area contributed by atoms with E-state index in [1.807, 2.05) is 24.3 Å². The molecule has 0 aromatic heterocycles. The van der Waals surface area contributed by atoms with Crippen LogP contribution in [0.2, 0.25) is 0 Å². The monoisotopic (exact) mass is 237 g/mol. The first-order valence-electron chi connectivity index (χ1n) is 5.66. The van der Waals surface area contributed by atoms with Gasteiger partial charge in [-0.3, -0.25) is 0 Å². The van der Waals surface area contributed by atoms with Crippen molar-refractivity contribution in [1.82, 2.24) is 0 Å². The van der Waals surface area contributed by atoms with E-state index in [1.165, 1.54) is 12.8 Å². The van der Waals surface area contributed by atoms with Crippen LogP contribution in [-0.4, -0.2) is 11.6 Å². The van der Waals surface area contributed by atoms with Gasteiger partial charge in [0.25, 0.3) is 0 Å². The highest BCUT2D eigenvalue weighted by Gasteiger charge is 2.07. The van der Waals surface area contributed by atoms with Crippen molar-refractivity contribution in [3.05, 3.63) is 29.8 Å². The topological polar surface area (TPSA) is 35.2 Å². The zero-order valence-electron chi connectivity index (χ0n) is 9.90. The molecule has 0 fully saturated rings. The molecular weight excluding hydrogens is 218 g/mol. The van der Waals surface area contributed by atoms with Crippen molar-refractivity contribution in [2.24, 2.45) is 11.7 Å². The van der Waals surface area contributed by atoms with Crippen LogP contribution in [0.4, 0.5) is 0 Å². The molecule has 0 aliphatic carbocycles. The van der Waals surface area contributed by atoms with E-state index in [-0.39, 0.29) is 0 Å². The largest absolute Gasteiger partial charge is 0.493 e. The molecule has 0 bridgehead atoms. The smallest absolute Gasteiger partial charge is 0.129 e. The van der Waals surface area contributed by atoms with Crippen molar-refractivity contribution in [3.8, 4) is 5.75 Å². The number of ether oxygens (including phenoxy) is 1. The maximum Gasteiger partial charge on any atom is 0.129 e. The Kier molecular flexibility index (Phi) is 5.26. The average molecular weight is 237 g/mol. The fourth-order valence-electron chi connectivity index (χ4n) is 1.60. The number of hydrogen-bond donors (Lipinski definition) is 1. The van der Waals surface area contributed by atoms with Crippen LogP contribution in [0.15, 0.2) is 24.3 Å². The molecule has 0 amide bonds. The standard InChI is InChI=1S/C13H19NOS/c1-3-6-10(2)9-15-12-8-5-4-7-11(12)13(14)16/h4-5,7-8,10H,3,6,9H2,1-2H3,(H2,14,16). The summed E-state index contributed by atoms with van der Waals surface area (Å²) >= 11 is 4.98. The number of thiocarbonyl (C=S) groups is 1. The minimum absolute atomic E-state index is 0.388. The Morgan fingerprint density at radius 1 is 1.44 bits per heavy atom. The van der Waals surface area contributed by atoms with Gasteiger partial charge in [0, 0.05) is 0 Å². The summed E-state index contributed by atoms with van der Waals surface area (Å²) in [6.45, 7) is 5.08. The summed E-state index contributed by atoms with van der Waals surface area (Å²) in [6.07, 6.45) is 2.36. The summed E-state index contributed by atoms with van der Waals surface area (Å²) in [6, 6.07) is 7.65. The first kappa shape index (κ1) is 13.0. The lowest BCUT2D eigenvalue weighted by atomic mass is 10.1. The summed E-state index contributed by atoms with van der Waals surface area (Å²) in [5.74, 6) is 1.35. The van der Waals surface area contributed by atoms with Gasteiger partial charge >= 0.3 is 0 Å². The van der Waals surface area contributed by atoms with Crippen LogP contribution in [0, 0.1) is 5.92 Å². The van der Waals surface area contributed by atoms with Crippen molar-refractivity contribution in [1.29, 1.82) is 0 Å². The third-order valence-electron chi connectivity index (χ3n) is 2.46.